The molecule has 2 rings (SSSR count). The van der Waals surface area contributed by atoms with Crippen LogP contribution in [0.4, 0.5) is 5.69 Å². The van der Waals surface area contributed by atoms with Crippen LogP contribution in [0.15, 0.2) is 18.2 Å². The Balaban J connectivity index is 0.00000264. The van der Waals surface area contributed by atoms with E-state index in [0.29, 0.717) is 0 Å². The molecule has 0 bridgehead atoms. The molecule has 0 fully saturated rings. The van der Waals surface area contributed by atoms with Crippen molar-refractivity contribution in [1.82, 2.24) is 9.55 Å². The maximum Gasteiger partial charge on any atom is 0.241 e. The predicted molar refractivity (Wildman–Crippen MR) is 98.1 cm³/mol. The van der Waals surface area contributed by atoms with Crippen molar-refractivity contribution < 1.29 is 4.79 Å². The number of nitrogens with two attached hydrogens (primary N) is 1. The Hall–Kier alpha value is -1.59. The lowest BCUT2D eigenvalue weighted by atomic mass is 9.96. The van der Waals surface area contributed by atoms with E-state index in [0.717, 1.165) is 22.5 Å². The number of rotatable bonds is 3. The fraction of sp³-hybridized carbons (Fsp3) is 0.529. The molecule has 1 amide bonds. The van der Waals surface area contributed by atoms with E-state index in [-0.39, 0.29) is 29.6 Å². The Bertz CT molecular complexity index is 700. The maximum absolute atomic E-state index is 12.1. The van der Waals surface area contributed by atoms with Crippen molar-refractivity contribution >= 4 is 35.0 Å². The van der Waals surface area contributed by atoms with Crippen LogP contribution in [0.3, 0.4) is 0 Å². The van der Waals surface area contributed by atoms with Crippen molar-refractivity contribution in [2.45, 2.75) is 46.1 Å². The molecule has 5 nitrogen and oxygen atoms in total. The fourth-order valence-electron chi connectivity index (χ4n) is 2.48. The molecule has 2 aromatic rings. The molecule has 0 saturated carbocycles. The summed E-state index contributed by atoms with van der Waals surface area (Å²) in [5.41, 5.74) is 8.50. The second kappa shape index (κ2) is 6.89. The molecule has 1 heterocycles. The zero-order chi connectivity index (χ0) is 16.7. The van der Waals surface area contributed by atoms with Gasteiger partial charge in [0, 0.05) is 18.2 Å². The summed E-state index contributed by atoms with van der Waals surface area (Å²) in [6.45, 7) is 10.3. The normalized spacial score (nSPS) is 13.0. The number of carbonyl (C=O) groups is 1. The fourth-order valence-corrected chi connectivity index (χ4v) is 2.48. The number of nitrogens with zero attached hydrogens (tertiary/aromatic N) is 2. The van der Waals surface area contributed by atoms with Crippen LogP contribution in [0.5, 0.6) is 0 Å². The highest BCUT2D eigenvalue weighted by Crippen LogP contribution is 2.27. The lowest BCUT2D eigenvalue weighted by Crippen LogP contribution is -2.39. The van der Waals surface area contributed by atoms with E-state index in [1.807, 2.05) is 39.1 Å². The van der Waals surface area contributed by atoms with E-state index in [4.69, 9.17) is 10.7 Å². The highest BCUT2D eigenvalue weighted by molar-refractivity contribution is 5.96. The van der Waals surface area contributed by atoms with Crippen LogP contribution in [0.2, 0.25) is 0 Å². The molecule has 3 N–H and O–H groups in total. The summed E-state index contributed by atoms with van der Waals surface area (Å²) < 4.78 is 2.10. The van der Waals surface area contributed by atoms with Crippen molar-refractivity contribution in [2.24, 2.45) is 18.7 Å². The molecule has 0 saturated heterocycles. The standard InChI is InChI=1S/C17H26N4O.ClH/c1-10(2)14(18)15(22)19-11-7-8-13-12(9-11)20-16(21(13)6)17(3,4)5;/h7-10,14H,18H2,1-6H3,(H,19,22);1H/t14-;/m0./s1. The van der Waals surface area contributed by atoms with Gasteiger partial charge >= 0.3 is 0 Å². The minimum atomic E-state index is -0.510. The first-order valence-corrected chi connectivity index (χ1v) is 7.64. The van der Waals surface area contributed by atoms with Gasteiger partial charge in [0.1, 0.15) is 5.82 Å². The highest BCUT2D eigenvalue weighted by Gasteiger charge is 2.22. The molecule has 0 unspecified atom stereocenters. The van der Waals surface area contributed by atoms with Gasteiger partial charge in [-0.25, -0.2) is 4.98 Å². The molecule has 1 atom stereocenters. The van der Waals surface area contributed by atoms with Gasteiger partial charge in [0.15, 0.2) is 0 Å². The van der Waals surface area contributed by atoms with E-state index >= 15 is 0 Å². The first-order valence-electron chi connectivity index (χ1n) is 7.64. The summed E-state index contributed by atoms with van der Waals surface area (Å²) in [4.78, 5) is 16.8. The summed E-state index contributed by atoms with van der Waals surface area (Å²) in [7, 11) is 2.02. The van der Waals surface area contributed by atoms with E-state index in [1.54, 1.807) is 0 Å². The van der Waals surface area contributed by atoms with Crippen molar-refractivity contribution in [1.29, 1.82) is 0 Å². The minimum Gasteiger partial charge on any atom is -0.331 e. The SMILES string of the molecule is CC(C)[C@H](N)C(=O)Nc1ccc2c(c1)nc(C(C)(C)C)n2C.Cl. The van der Waals surface area contributed by atoms with Gasteiger partial charge in [0.2, 0.25) is 5.91 Å². The number of anilines is 1. The number of hydrogen-bond acceptors (Lipinski definition) is 3. The van der Waals surface area contributed by atoms with Crippen molar-refractivity contribution in [3.63, 3.8) is 0 Å². The number of amides is 1. The smallest absolute Gasteiger partial charge is 0.241 e. The quantitative estimate of drug-likeness (QED) is 0.902. The molecular weight excluding hydrogens is 312 g/mol. The average molecular weight is 339 g/mol. The van der Waals surface area contributed by atoms with E-state index in [2.05, 4.69) is 30.7 Å². The number of aryl methyl sites for hydroxylation is 1. The number of fused-ring (bicyclic) bond motifs is 1. The van der Waals surface area contributed by atoms with Crippen LogP contribution in [0.25, 0.3) is 11.0 Å². The van der Waals surface area contributed by atoms with Crippen LogP contribution in [-0.4, -0.2) is 21.5 Å². The van der Waals surface area contributed by atoms with Gasteiger partial charge in [0.25, 0.3) is 0 Å². The Kier molecular flexibility index (Phi) is 5.83. The first kappa shape index (κ1) is 19.5. The van der Waals surface area contributed by atoms with Crippen LogP contribution in [0.1, 0.15) is 40.4 Å². The Morgan fingerprint density at radius 3 is 2.43 bits per heavy atom. The van der Waals surface area contributed by atoms with Crippen molar-refractivity contribution in [3.8, 4) is 0 Å². The largest absolute Gasteiger partial charge is 0.331 e. The van der Waals surface area contributed by atoms with E-state index < -0.39 is 6.04 Å². The number of carbonyl (C=O) groups excluding carboxylic acids is 1. The van der Waals surface area contributed by atoms with Crippen LogP contribution in [0, 0.1) is 5.92 Å². The highest BCUT2D eigenvalue weighted by atomic mass is 35.5. The minimum absolute atomic E-state index is 0. The molecule has 0 aliphatic heterocycles. The molecule has 1 aromatic heterocycles. The lowest BCUT2D eigenvalue weighted by Gasteiger charge is -2.17. The Labute approximate surface area is 144 Å². The molecule has 0 spiro atoms. The number of nitrogens with one attached hydrogen (secondary N) is 1. The zero-order valence-electron chi connectivity index (χ0n) is 14.7. The number of hydrogen-bond donors (Lipinski definition) is 2. The van der Waals surface area contributed by atoms with E-state index in [9.17, 15) is 4.79 Å². The third-order valence-corrected chi connectivity index (χ3v) is 3.84. The number of aromatic nitrogens is 2. The van der Waals surface area contributed by atoms with Crippen LogP contribution in [-0.2, 0) is 17.3 Å². The zero-order valence-corrected chi connectivity index (χ0v) is 15.5. The predicted octanol–water partition coefficient (Wildman–Crippen LogP) is 3.21. The number of benzene rings is 1. The summed E-state index contributed by atoms with van der Waals surface area (Å²) in [5.74, 6) is 0.956. The molecule has 0 radical (unpaired) electrons. The molecule has 0 aliphatic carbocycles. The van der Waals surface area contributed by atoms with E-state index in [1.165, 1.54) is 0 Å². The number of imidazole rings is 1. The number of halogens is 1. The van der Waals surface area contributed by atoms with Gasteiger partial charge in [-0.05, 0) is 24.1 Å². The van der Waals surface area contributed by atoms with Gasteiger partial charge in [-0.15, -0.1) is 12.4 Å². The summed E-state index contributed by atoms with van der Waals surface area (Å²) in [6, 6.07) is 5.26. The van der Waals surface area contributed by atoms with Gasteiger partial charge < -0.3 is 15.6 Å². The summed E-state index contributed by atoms with van der Waals surface area (Å²) >= 11 is 0. The molecular formula is C17H27ClN4O. The van der Waals surface area contributed by atoms with Crippen LogP contribution >= 0.6 is 12.4 Å². The van der Waals surface area contributed by atoms with Crippen LogP contribution < -0.4 is 11.1 Å². The van der Waals surface area contributed by atoms with Gasteiger partial charge in [-0.2, -0.15) is 0 Å². The van der Waals surface area contributed by atoms with Gasteiger partial charge in [0.05, 0.1) is 17.1 Å². The van der Waals surface area contributed by atoms with Crippen molar-refractivity contribution in [3.05, 3.63) is 24.0 Å². The monoisotopic (exact) mass is 338 g/mol. The first-order chi connectivity index (χ1) is 10.1. The molecule has 0 aliphatic rings. The molecule has 23 heavy (non-hydrogen) atoms. The Morgan fingerprint density at radius 1 is 1.30 bits per heavy atom. The third-order valence-electron chi connectivity index (χ3n) is 3.84. The lowest BCUT2D eigenvalue weighted by molar-refractivity contribution is -0.118. The van der Waals surface area contributed by atoms with Gasteiger partial charge in [-0.1, -0.05) is 34.6 Å². The summed E-state index contributed by atoms with van der Waals surface area (Å²) in [6.07, 6.45) is 0. The summed E-state index contributed by atoms with van der Waals surface area (Å²) in [5, 5.41) is 2.87. The topological polar surface area (TPSA) is 72.9 Å². The molecule has 6 heteroatoms. The average Bonchev–Trinajstić information content (AvgIpc) is 2.74. The molecule has 1 aromatic carbocycles. The third kappa shape index (κ3) is 4.03. The maximum atomic E-state index is 12.1. The van der Waals surface area contributed by atoms with Gasteiger partial charge in [-0.3, -0.25) is 4.79 Å². The van der Waals surface area contributed by atoms with Crippen molar-refractivity contribution in [2.75, 3.05) is 5.32 Å². The second-order valence-electron chi connectivity index (χ2n) is 7.21. The second-order valence-corrected chi connectivity index (χ2v) is 7.21. The Morgan fingerprint density at radius 2 is 1.91 bits per heavy atom. The molecule has 128 valence electrons.